The number of carbonyl (C=O) groups is 1. The lowest BCUT2D eigenvalue weighted by Gasteiger charge is -2.17. The van der Waals surface area contributed by atoms with Gasteiger partial charge in [0.15, 0.2) is 5.69 Å². The zero-order chi connectivity index (χ0) is 15.9. The monoisotopic (exact) mass is 316 g/mol. The summed E-state index contributed by atoms with van der Waals surface area (Å²) >= 11 is 6.12. The van der Waals surface area contributed by atoms with E-state index in [9.17, 15) is 4.79 Å². The normalized spacial score (nSPS) is 10.2. The molecule has 0 unspecified atom stereocenters. The molecule has 22 heavy (non-hydrogen) atoms. The highest BCUT2D eigenvalue weighted by Gasteiger charge is 2.17. The van der Waals surface area contributed by atoms with Crippen LogP contribution >= 0.6 is 11.6 Å². The summed E-state index contributed by atoms with van der Waals surface area (Å²) in [6.45, 7) is 8.62. The van der Waals surface area contributed by atoms with E-state index in [0.717, 1.165) is 5.56 Å². The Hall–Kier alpha value is -2.40. The van der Waals surface area contributed by atoms with E-state index in [1.807, 2.05) is 24.3 Å². The van der Waals surface area contributed by atoms with Gasteiger partial charge < -0.3 is 4.90 Å². The predicted molar refractivity (Wildman–Crippen MR) is 86.9 cm³/mol. The summed E-state index contributed by atoms with van der Waals surface area (Å²) in [4.78, 5) is 13.9. The van der Waals surface area contributed by atoms with Gasteiger partial charge >= 0.3 is 0 Å². The second kappa shape index (κ2) is 7.56. The minimum atomic E-state index is -0.204. The molecule has 6 heteroatoms. The van der Waals surface area contributed by atoms with Gasteiger partial charge in [-0.25, -0.2) is 4.68 Å². The minimum absolute atomic E-state index is 0.204. The van der Waals surface area contributed by atoms with Crippen LogP contribution in [0.1, 0.15) is 16.1 Å². The topological polar surface area (TPSA) is 51.0 Å². The third-order valence-electron chi connectivity index (χ3n) is 3.03. The van der Waals surface area contributed by atoms with E-state index < -0.39 is 0 Å². The van der Waals surface area contributed by atoms with Crippen LogP contribution in [-0.2, 0) is 6.54 Å². The summed E-state index contributed by atoms with van der Waals surface area (Å²) < 4.78 is 1.59. The second-order valence-electron chi connectivity index (χ2n) is 4.68. The maximum Gasteiger partial charge on any atom is 0.276 e. The largest absolute Gasteiger partial charge is 0.330 e. The van der Waals surface area contributed by atoms with Crippen LogP contribution in [0, 0.1) is 0 Å². The highest BCUT2D eigenvalue weighted by Crippen LogP contribution is 2.16. The SMILES string of the molecule is C=CCN(CC=C)C(=O)c1cn(Cc2ccccc2Cl)nn1. The fraction of sp³-hybridized carbons (Fsp3) is 0.188. The Balaban J connectivity index is 2.13. The molecule has 0 saturated carbocycles. The molecule has 2 rings (SSSR count). The number of hydrogen-bond donors (Lipinski definition) is 0. The molecule has 5 nitrogen and oxygen atoms in total. The third kappa shape index (κ3) is 3.83. The fourth-order valence-corrected chi connectivity index (χ4v) is 2.18. The number of aromatic nitrogens is 3. The number of halogens is 1. The molecule has 0 spiro atoms. The average molecular weight is 317 g/mol. The van der Waals surface area contributed by atoms with Crippen molar-refractivity contribution in [1.29, 1.82) is 0 Å². The van der Waals surface area contributed by atoms with E-state index >= 15 is 0 Å². The highest BCUT2D eigenvalue weighted by molar-refractivity contribution is 6.31. The first kappa shape index (κ1) is 16.0. The van der Waals surface area contributed by atoms with E-state index in [1.165, 1.54) is 0 Å². The summed E-state index contributed by atoms with van der Waals surface area (Å²) in [6.07, 6.45) is 4.94. The van der Waals surface area contributed by atoms with Gasteiger partial charge in [-0.05, 0) is 11.6 Å². The zero-order valence-corrected chi connectivity index (χ0v) is 12.9. The van der Waals surface area contributed by atoms with Crippen molar-refractivity contribution in [2.24, 2.45) is 0 Å². The number of nitrogens with zero attached hydrogens (tertiary/aromatic N) is 4. The van der Waals surface area contributed by atoms with Gasteiger partial charge in [0.2, 0.25) is 0 Å². The molecule has 0 atom stereocenters. The van der Waals surface area contributed by atoms with Crippen molar-refractivity contribution in [3.63, 3.8) is 0 Å². The van der Waals surface area contributed by atoms with Crippen molar-refractivity contribution in [3.05, 3.63) is 72.1 Å². The fourth-order valence-electron chi connectivity index (χ4n) is 1.99. The Morgan fingerprint density at radius 2 is 1.95 bits per heavy atom. The van der Waals surface area contributed by atoms with Crippen LogP contribution in [0.25, 0.3) is 0 Å². The van der Waals surface area contributed by atoms with Gasteiger partial charge in [-0.2, -0.15) is 0 Å². The molecule has 1 amide bonds. The van der Waals surface area contributed by atoms with Gasteiger partial charge in [0.05, 0.1) is 12.7 Å². The quantitative estimate of drug-likeness (QED) is 0.738. The van der Waals surface area contributed by atoms with Gasteiger partial charge in [0.25, 0.3) is 5.91 Å². The Bertz CT molecular complexity index is 670. The molecule has 1 heterocycles. The molecule has 114 valence electrons. The molecular weight excluding hydrogens is 300 g/mol. The van der Waals surface area contributed by atoms with E-state index in [-0.39, 0.29) is 11.6 Å². The lowest BCUT2D eigenvalue weighted by Crippen LogP contribution is -2.31. The molecule has 0 aliphatic heterocycles. The van der Waals surface area contributed by atoms with Gasteiger partial charge in [0.1, 0.15) is 0 Å². The maximum absolute atomic E-state index is 12.3. The Kier molecular flexibility index (Phi) is 5.49. The van der Waals surface area contributed by atoms with Gasteiger partial charge in [-0.1, -0.05) is 47.2 Å². The summed E-state index contributed by atoms with van der Waals surface area (Å²) in [7, 11) is 0. The molecular formula is C16H17ClN4O. The van der Waals surface area contributed by atoms with Gasteiger partial charge in [-0.15, -0.1) is 18.3 Å². The summed E-state index contributed by atoms with van der Waals surface area (Å²) in [5, 5.41) is 8.58. The van der Waals surface area contributed by atoms with Crippen LogP contribution in [0.2, 0.25) is 5.02 Å². The first-order valence-corrected chi connectivity index (χ1v) is 7.18. The van der Waals surface area contributed by atoms with Crippen LogP contribution in [-0.4, -0.2) is 38.9 Å². The van der Waals surface area contributed by atoms with Crippen LogP contribution in [0.5, 0.6) is 0 Å². The lowest BCUT2D eigenvalue weighted by molar-refractivity contribution is 0.0785. The molecule has 0 aliphatic rings. The number of rotatable bonds is 7. The Labute approximate surface area is 134 Å². The Morgan fingerprint density at radius 1 is 1.27 bits per heavy atom. The summed E-state index contributed by atoms with van der Waals surface area (Å²) in [5.41, 5.74) is 1.21. The van der Waals surface area contributed by atoms with Gasteiger partial charge in [-0.3, -0.25) is 4.79 Å². The van der Waals surface area contributed by atoms with E-state index in [2.05, 4.69) is 23.5 Å². The van der Waals surface area contributed by atoms with Crippen LogP contribution in [0.15, 0.2) is 55.8 Å². The molecule has 0 fully saturated rings. The molecule has 0 radical (unpaired) electrons. The first-order chi connectivity index (χ1) is 10.7. The van der Waals surface area contributed by atoms with Gasteiger partial charge in [0, 0.05) is 18.1 Å². The Morgan fingerprint density at radius 3 is 2.59 bits per heavy atom. The smallest absolute Gasteiger partial charge is 0.276 e. The molecule has 0 saturated heterocycles. The van der Waals surface area contributed by atoms with Crippen LogP contribution < -0.4 is 0 Å². The van der Waals surface area contributed by atoms with Crippen molar-refractivity contribution in [2.45, 2.75) is 6.54 Å². The standard InChI is InChI=1S/C16H17ClN4O/c1-3-9-20(10-4-2)16(22)15-12-21(19-18-15)11-13-7-5-6-8-14(13)17/h3-8,12H,1-2,9-11H2. The highest BCUT2D eigenvalue weighted by atomic mass is 35.5. The van der Waals surface area contributed by atoms with Crippen molar-refractivity contribution in [1.82, 2.24) is 19.9 Å². The van der Waals surface area contributed by atoms with Crippen LogP contribution in [0.4, 0.5) is 0 Å². The second-order valence-corrected chi connectivity index (χ2v) is 5.09. The maximum atomic E-state index is 12.3. The number of benzene rings is 1. The van der Waals surface area contributed by atoms with Crippen molar-refractivity contribution in [3.8, 4) is 0 Å². The molecule has 0 aliphatic carbocycles. The van der Waals surface area contributed by atoms with Crippen molar-refractivity contribution >= 4 is 17.5 Å². The summed E-state index contributed by atoms with van der Waals surface area (Å²) in [5.74, 6) is -0.204. The zero-order valence-electron chi connectivity index (χ0n) is 12.2. The first-order valence-electron chi connectivity index (χ1n) is 6.80. The summed E-state index contributed by atoms with van der Waals surface area (Å²) in [6, 6.07) is 7.49. The van der Waals surface area contributed by atoms with Crippen LogP contribution in [0.3, 0.4) is 0 Å². The van der Waals surface area contributed by atoms with E-state index in [4.69, 9.17) is 11.6 Å². The van der Waals surface area contributed by atoms with E-state index in [1.54, 1.807) is 27.9 Å². The lowest BCUT2D eigenvalue weighted by atomic mass is 10.2. The molecule has 1 aromatic heterocycles. The molecule has 0 bridgehead atoms. The van der Waals surface area contributed by atoms with Crippen molar-refractivity contribution < 1.29 is 4.79 Å². The number of amides is 1. The number of carbonyl (C=O) groups excluding carboxylic acids is 1. The van der Waals surface area contributed by atoms with Crippen molar-refractivity contribution in [2.75, 3.05) is 13.1 Å². The molecule has 0 N–H and O–H groups in total. The number of hydrogen-bond acceptors (Lipinski definition) is 3. The van der Waals surface area contributed by atoms with E-state index in [0.29, 0.717) is 24.7 Å². The average Bonchev–Trinajstić information content (AvgIpc) is 2.97. The third-order valence-corrected chi connectivity index (χ3v) is 3.40. The molecule has 2 aromatic rings. The molecule has 1 aromatic carbocycles. The minimum Gasteiger partial charge on any atom is -0.330 e. The predicted octanol–water partition coefficient (Wildman–Crippen LogP) is 2.79.